The van der Waals surface area contributed by atoms with Crippen molar-refractivity contribution in [3.63, 3.8) is 0 Å². The molecule has 0 saturated carbocycles. The van der Waals surface area contributed by atoms with Crippen molar-refractivity contribution >= 4 is 27.3 Å². The third-order valence-electron chi connectivity index (χ3n) is 2.90. The van der Waals surface area contributed by atoms with Crippen LogP contribution in [0.2, 0.25) is 0 Å². The summed E-state index contributed by atoms with van der Waals surface area (Å²) in [6, 6.07) is 6.48. The van der Waals surface area contributed by atoms with Crippen LogP contribution < -0.4 is 5.32 Å². The van der Waals surface area contributed by atoms with E-state index in [1.54, 1.807) is 16.8 Å². The van der Waals surface area contributed by atoms with Gasteiger partial charge < -0.3 is 5.32 Å². The smallest absolute Gasteiger partial charge is 0.155 e. The zero-order chi connectivity index (χ0) is 14.1. The van der Waals surface area contributed by atoms with E-state index in [-0.39, 0.29) is 5.82 Å². The lowest BCUT2D eigenvalue weighted by Gasteiger charge is -2.08. The molecule has 0 spiro atoms. The first-order valence-electron chi connectivity index (χ1n) is 6.12. The lowest BCUT2D eigenvalue weighted by atomic mass is 10.3. The Labute approximate surface area is 123 Å². The predicted molar refractivity (Wildman–Crippen MR) is 79.2 cm³/mol. The fourth-order valence-corrected chi connectivity index (χ4v) is 2.45. The number of hydrogen-bond acceptors (Lipinski definition) is 3. The van der Waals surface area contributed by atoms with Crippen LogP contribution in [0.5, 0.6) is 0 Å². The summed E-state index contributed by atoms with van der Waals surface area (Å²) in [6.45, 7) is 2.52. The molecule has 0 radical (unpaired) electrons. The van der Waals surface area contributed by atoms with Crippen molar-refractivity contribution in [2.75, 3.05) is 5.32 Å². The Morgan fingerprint density at radius 1 is 1.35 bits per heavy atom. The normalized spacial score (nSPS) is 10.9. The van der Waals surface area contributed by atoms with Crippen LogP contribution >= 0.6 is 15.9 Å². The second-order valence-electron chi connectivity index (χ2n) is 4.53. The van der Waals surface area contributed by atoms with Crippen LogP contribution in [0.25, 0.3) is 5.65 Å². The molecule has 0 unspecified atom stereocenters. The molecule has 102 valence electrons. The number of rotatable bonds is 3. The van der Waals surface area contributed by atoms with E-state index < -0.39 is 0 Å². The van der Waals surface area contributed by atoms with E-state index in [9.17, 15) is 4.39 Å². The maximum Gasteiger partial charge on any atom is 0.155 e. The van der Waals surface area contributed by atoms with Gasteiger partial charge in [0.2, 0.25) is 0 Å². The van der Waals surface area contributed by atoms with Gasteiger partial charge in [-0.05, 0) is 41.1 Å². The minimum atomic E-state index is -0.266. The first-order valence-corrected chi connectivity index (χ1v) is 6.91. The lowest BCUT2D eigenvalue weighted by molar-refractivity contribution is 0.627. The molecule has 0 fully saturated rings. The van der Waals surface area contributed by atoms with Crippen molar-refractivity contribution in [2.45, 2.75) is 13.5 Å². The molecule has 0 bridgehead atoms. The highest BCUT2D eigenvalue weighted by Crippen LogP contribution is 2.23. The highest BCUT2D eigenvalue weighted by Gasteiger charge is 2.03. The van der Waals surface area contributed by atoms with E-state index in [1.165, 1.54) is 12.1 Å². The molecule has 1 N–H and O–H groups in total. The van der Waals surface area contributed by atoms with E-state index in [0.717, 1.165) is 22.6 Å². The third kappa shape index (κ3) is 2.65. The number of benzene rings is 1. The van der Waals surface area contributed by atoms with Gasteiger partial charge in [0, 0.05) is 40.7 Å². The fraction of sp³-hybridized carbons (Fsp3) is 0.143. The Bertz CT molecular complexity index is 769. The number of aryl methyl sites for hydroxylation is 1. The van der Waals surface area contributed by atoms with Gasteiger partial charge in [0.25, 0.3) is 0 Å². The van der Waals surface area contributed by atoms with Crippen LogP contribution in [0.1, 0.15) is 11.3 Å². The molecule has 6 heteroatoms. The number of fused-ring (bicyclic) bond motifs is 1. The second kappa shape index (κ2) is 5.20. The van der Waals surface area contributed by atoms with Gasteiger partial charge in [-0.25, -0.2) is 13.9 Å². The monoisotopic (exact) mass is 334 g/mol. The first-order chi connectivity index (χ1) is 9.61. The molecule has 2 aromatic heterocycles. The average molecular weight is 335 g/mol. The van der Waals surface area contributed by atoms with Gasteiger partial charge >= 0.3 is 0 Å². The highest BCUT2D eigenvalue weighted by atomic mass is 79.9. The number of halogens is 2. The largest absolute Gasteiger partial charge is 0.380 e. The van der Waals surface area contributed by atoms with Crippen LogP contribution in [0, 0.1) is 12.7 Å². The Balaban J connectivity index is 1.79. The summed E-state index contributed by atoms with van der Waals surface area (Å²) < 4.78 is 15.5. The first kappa shape index (κ1) is 13.1. The van der Waals surface area contributed by atoms with Crippen LogP contribution in [-0.2, 0) is 6.54 Å². The topological polar surface area (TPSA) is 42.2 Å². The summed E-state index contributed by atoms with van der Waals surface area (Å²) in [6.07, 6.45) is 3.74. The summed E-state index contributed by atoms with van der Waals surface area (Å²) in [5.41, 5.74) is 3.60. The maximum absolute atomic E-state index is 13.0. The summed E-state index contributed by atoms with van der Waals surface area (Å²) >= 11 is 3.33. The van der Waals surface area contributed by atoms with Crippen LogP contribution in [0.4, 0.5) is 10.1 Å². The molecule has 0 atom stereocenters. The maximum atomic E-state index is 13.0. The minimum Gasteiger partial charge on any atom is -0.380 e. The van der Waals surface area contributed by atoms with E-state index in [4.69, 9.17) is 0 Å². The van der Waals surface area contributed by atoms with Gasteiger partial charge in [-0.3, -0.25) is 0 Å². The van der Waals surface area contributed by atoms with E-state index in [1.807, 2.05) is 19.2 Å². The lowest BCUT2D eigenvalue weighted by Crippen LogP contribution is -2.03. The molecule has 0 aliphatic rings. The summed E-state index contributed by atoms with van der Waals surface area (Å²) in [5.74, 6) is -0.266. The Hall–Kier alpha value is -1.95. The molecule has 0 saturated heterocycles. The standard InChI is InChI=1S/C14H12BrFN4/c1-9-4-14-18-7-10(8-20(14)19-9)6-17-13-3-2-11(16)5-12(13)15/h2-5,7-8,17H,6H2,1H3. The molecule has 0 aliphatic heterocycles. The molecular weight excluding hydrogens is 323 g/mol. The molecule has 3 rings (SSSR count). The van der Waals surface area contributed by atoms with Gasteiger partial charge in [0.15, 0.2) is 5.65 Å². The van der Waals surface area contributed by atoms with Crippen molar-refractivity contribution in [3.8, 4) is 0 Å². The van der Waals surface area contributed by atoms with E-state index in [2.05, 4.69) is 31.3 Å². The molecule has 0 amide bonds. The molecule has 1 aromatic carbocycles. The van der Waals surface area contributed by atoms with Gasteiger partial charge in [0.1, 0.15) is 5.82 Å². The van der Waals surface area contributed by atoms with Crippen molar-refractivity contribution in [3.05, 3.63) is 58.2 Å². The summed E-state index contributed by atoms with van der Waals surface area (Å²) in [4.78, 5) is 4.34. The van der Waals surface area contributed by atoms with Crippen LogP contribution in [0.3, 0.4) is 0 Å². The summed E-state index contributed by atoms with van der Waals surface area (Å²) in [5, 5.41) is 7.56. The SMILES string of the molecule is Cc1cc2ncc(CNc3ccc(F)cc3Br)cn2n1. The Morgan fingerprint density at radius 3 is 3.00 bits per heavy atom. The predicted octanol–water partition coefficient (Wildman–Crippen LogP) is 3.55. The zero-order valence-corrected chi connectivity index (χ0v) is 12.4. The van der Waals surface area contributed by atoms with Crippen molar-refractivity contribution in [1.29, 1.82) is 0 Å². The van der Waals surface area contributed by atoms with E-state index >= 15 is 0 Å². The molecule has 20 heavy (non-hydrogen) atoms. The van der Waals surface area contributed by atoms with Crippen LogP contribution in [0.15, 0.2) is 41.1 Å². The Kier molecular flexibility index (Phi) is 3.40. The van der Waals surface area contributed by atoms with Crippen molar-refractivity contribution in [2.24, 2.45) is 0 Å². The molecule has 4 nitrogen and oxygen atoms in total. The summed E-state index contributed by atoms with van der Waals surface area (Å²) in [7, 11) is 0. The van der Waals surface area contributed by atoms with Gasteiger partial charge in [0.05, 0.1) is 5.69 Å². The molecular formula is C14H12BrFN4. The van der Waals surface area contributed by atoms with Gasteiger partial charge in [-0.15, -0.1) is 0 Å². The molecule has 2 heterocycles. The van der Waals surface area contributed by atoms with Gasteiger partial charge in [-0.1, -0.05) is 0 Å². The number of nitrogens with one attached hydrogen (secondary N) is 1. The Morgan fingerprint density at radius 2 is 2.20 bits per heavy atom. The fourth-order valence-electron chi connectivity index (χ4n) is 1.96. The molecule has 0 aliphatic carbocycles. The van der Waals surface area contributed by atoms with Gasteiger partial charge in [-0.2, -0.15) is 5.10 Å². The number of hydrogen-bond donors (Lipinski definition) is 1. The zero-order valence-electron chi connectivity index (χ0n) is 10.8. The van der Waals surface area contributed by atoms with Crippen molar-refractivity contribution in [1.82, 2.24) is 14.6 Å². The minimum absolute atomic E-state index is 0.266. The van der Waals surface area contributed by atoms with E-state index in [0.29, 0.717) is 11.0 Å². The number of anilines is 1. The number of nitrogens with zero attached hydrogens (tertiary/aromatic N) is 3. The quantitative estimate of drug-likeness (QED) is 0.796. The van der Waals surface area contributed by atoms with Crippen LogP contribution in [-0.4, -0.2) is 14.6 Å². The molecule has 3 aromatic rings. The van der Waals surface area contributed by atoms with Crippen molar-refractivity contribution < 1.29 is 4.39 Å². The highest BCUT2D eigenvalue weighted by molar-refractivity contribution is 9.10. The third-order valence-corrected chi connectivity index (χ3v) is 3.56. The average Bonchev–Trinajstić information content (AvgIpc) is 2.77. The number of aromatic nitrogens is 3. The second-order valence-corrected chi connectivity index (χ2v) is 5.38.